The Hall–Kier alpha value is -2.39. The SMILES string of the molecule is N#Cc1ccc(NC(=O)C2(c3ccc(Br)cn3)CCC2)c(N)c1. The van der Waals surface area contributed by atoms with Gasteiger partial charge in [-0.3, -0.25) is 9.78 Å². The normalized spacial score (nSPS) is 15.3. The minimum absolute atomic E-state index is 0.102. The lowest BCUT2D eigenvalue weighted by molar-refractivity contribution is -0.124. The van der Waals surface area contributed by atoms with E-state index in [-0.39, 0.29) is 5.91 Å². The number of anilines is 2. The predicted molar refractivity (Wildman–Crippen MR) is 91.7 cm³/mol. The second kappa shape index (κ2) is 6.01. The Morgan fingerprint density at radius 3 is 2.65 bits per heavy atom. The van der Waals surface area contributed by atoms with Crippen LogP contribution in [-0.2, 0) is 10.2 Å². The quantitative estimate of drug-likeness (QED) is 0.810. The van der Waals surface area contributed by atoms with Gasteiger partial charge in [-0.1, -0.05) is 6.42 Å². The van der Waals surface area contributed by atoms with Gasteiger partial charge in [0.25, 0.3) is 0 Å². The highest BCUT2D eigenvalue weighted by Crippen LogP contribution is 2.44. The first-order valence-electron chi connectivity index (χ1n) is 7.28. The van der Waals surface area contributed by atoms with Gasteiger partial charge in [-0.2, -0.15) is 5.26 Å². The number of nitrogens with two attached hydrogens (primary N) is 1. The van der Waals surface area contributed by atoms with Crippen molar-refractivity contribution < 1.29 is 4.79 Å². The lowest BCUT2D eigenvalue weighted by atomic mass is 9.65. The zero-order valence-corrected chi connectivity index (χ0v) is 13.9. The number of nitrogens with zero attached hydrogens (tertiary/aromatic N) is 2. The molecule has 0 unspecified atom stereocenters. The highest BCUT2D eigenvalue weighted by atomic mass is 79.9. The van der Waals surface area contributed by atoms with Gasteiger partial charge in [0.1, 0.15) is 0 Å². The molecule has 1 aromatic heterocycles. The third-order valence-electron chi connectivity index (χ3n) is 4.29. The third-order valence-corrected chi connectivity index (χ3v) is 4.76. The number of hydrogen-bond donors (Lipinski definition) is 2. The van der Waals surface area contributed by atoms with Crippen LogP contribution in [0.15, 0.2) is 41.0 Å². The van der Waals surface area contributed by atoms with Crippen LogP contribution >= 0.6 is 15.9 Å². The number of carbonyl (C=O) groups is 1. The molecule has 1 amide bonds. The molecule has 1 aliphatic rings. The molecule has 1 fully saturated rings. The van der Waals surface area contributed by atoms with Crippen molar-refractivity contribution in [1.29, 1.82) is 5.26 Å². The summed E-state index contributed by atoms with van der Waals surface area (Å²) >= 11 is 3.36. The van der Waals surface area contributed by atoms with Gasteiger partial charge in [-0.25, -0.2) is 0 Å². The number of pyridine rings is 1. The maximum atomic E-state index is 12.8. The van der Waals surface area contributed by atoms with Gasteiger partial charge < -0.3 is 11.1 Å². The molecule has 5 nitrogen and oxygen atoms in total. The molecule has 6 heteroatoms. The van der Waals surface area contributed by atoms with Crippen LogP contribution in [0.3, 0.4) is 0 Å². The van der Waals surface area contributed by atoms with E-state index < -0.39 is 5.41 Å². The lowest BCUT2D eigenvalue weighted by Crippen LogP contribution is -2.46. The second-order valence-corrected chi connectivity index (χ2v) is 6.58. The van der Waals surface area contributed by atoms with Crippen molar-refractivity contribution in [2.45, 2.75) is 24.7 Å². The monoisotopic (exact) mass is 370 g/mol. The fraction of sp³-hybridized carbons (Fsp3) is 0.235. The van der Waals surface area contributed by atoms with Crippen LogP contribution in [-0.4, -0.2) is 10.9 Å². The zero-order chi connectivity index (χ0) is 16.4. The van der Waals surface area contributed by atoms with Gasteiger partial charge in [0.2, 0.25) is 5.91 Å². The van der Waals surface area contributed by atoms with E-state index in [1.54, 1.807) is 24.4 Å². The first-order valence-corrected chi connectivity index (χ1v) is 8.07. The van der Waals surface area contributed by atoms with Crippen LogP contribution in [0.5, 0.6) is 0 Å². The van der Waals surface area contributed by atoms with Crippen molar-refractivity contribution in [1.82, 2.24) is 4.98 Å². The molecule has 3 rings (SSSR count). The van der Waals surface area contributed by atoms with Crippen molar-refractivity contribution in [3.05, 3.63) is 52.3 Å². The smallest absolute Gasteiger partial charge is 0.236 e. The summed E-state index contributed by atoms with van der Waals surface area (Å²) in [6, 6.07) is 10.7. The largest absolute Gasteiger partial charge is 0.397 e. The van der Waals surface area contributed by atoms with Gasteiger partial charge in [0, 0.05) is 10.7 Å². The number of benzene rings is 1. The number of carbonyl (C=O) groups excluding carboxylic acids is 1. The highest BCUT2D eigenvalue weighted by molar-refractivity contribution is 9.10. The van der Waals surface area contributed by atoms with E-state index in [4.69, 9.17) is 11.0 Å². The molecular formula is C17H15BrN4O. The third kappa shape index (κ3) is 2.80. The molecule has 0 aliphatic heterocycles. The average Bonchev–Trinajstić information content (AvgIpc) is 2.50. The maximum absolute atomic E-state index is 12.8. The second-order valence-electron chi connectivity index (χ2n) is 5.67. The molecule has 2 aromatic rings. The van der Waals surface area contributed by atoms with Crippen LogP contribution in [0.2, 0.25) is 0 Å². The molecule has 0 atom stereocenters. The number of amides is 1. The van der Waals surface area contributed by atoms with E-state index in [0.717, 1.165) is 29.4 Å². The molecule has 3 N–H and O–H groups in total. The molecule has 0 spiro atoms. The van der Waals surface area contributed by atoms with Gasteiger partial charge in [-0.05, 0) is 59.1 Å². The van der Waals surface area contributed by atoms with Gasteiger partial charge in [-0.15, -0.1) is 0 Å². The van der Waals surface area contributed by atoms with E-state index >= 15 is 0 Å². The van der Waals surface area contributed by atoms with E-state index in [1.165, 1.54) is 0 Å². The molecule has 116 valence electrons. The van der Waals surface area contributed by atoms with Crippen molar-refractivity contribution in [3.63, 3.8) is 0 Å². The minimum Gasteiger partial charge on any atom is -0.397 e. The summed E-state index contributed by atoms with van der Waals surface area (Å²) in [7, 11) is 0. The number of hydrogen-bond acceptors (Lipinski definition) is 4. The molecule has 1 saturated carbocycles. The molecule has 0 bridgehead atoms. The average molecular weight is 371 g/mol. The number of nitrogens with one attached hydrogen (secondary N) is 1. The molecular weight excluding hydrogens is 356 g/mol. The zero-order valence-electron chi connectivity index (χ0n) is 12.3. The lowest BCUT2D eigenvalue weighted by Gasteiger charge is -2.39. The van der Waals surface area contributed by atoms with E-state index in [2.05, 4.69) is 26.2 Å². The van der Waals surface area contributed by atoms with E-state index in [9.17, 15) is 4.79 Å². The Labute approximate surface area is 142 Å². The number of halogens is 1. The highest BCUT2D eigenvalue weighted by Gasteiger charge is 2.47. The first kappa shape index (κ1) is 15.5. The van der Waals surface area contributed by atoms with Crippen LogP contribution in [0.1, 0.15) is 30.5 Å². The van der Waals surface area contributed by atoms with Gasteiger partial charge in [0.05, 0.1) is 34.1 Å². The Balaban J connectivity index is 1.87. The van der Waals surface area contributed by atoms with Crippen LogP contribution in [0.4, 0.5) is 11.4 Å². The molecule has 0 saturated heterocycles. The Morgan fingerprint density at radius 1 is 1.35 bits per heavy atom. The van der Waals surface area contributed by atoms with Crippen molar-refractivity contribution in [2.75, 3.05) is 11.1 Å². The summed E-state index contributed by atoms with van der Waals surface area (Å²) in [4.78, 5) is 17.2. The standard InChI is InChI=1S/C17H15BrN4O/c18-12-3-5-15(21-10-12)17(6-1-7-17)16(23)22-14-4-2-11(9-19)8-13(14)20/h2-5,8,10H,1,6-7,20H2,(H,22,23). The molecule has 0 radical (unpaired) electrons. The Morgan fingerprint density at radius 2 is 2.13 bits per heavy atom. The number of nitrogen functional groups attached to an aromatic ring is 1. The molecule has 1 aromatic carbocycles. The predicted octanol–water partition coefficient (Wildman–Crippen LogP) is 3.36. The van der Waals surface area contributed by atoms with Crippen molar-refractivity contribution >= 4 is 33.2 Å². The maximum Gasteiger partial charge on any atom is 0.236 e. The van der Waals surface area contributed by atoms with Crippen LogP contribution in [0, 0.1) is 11.3 Å². The fourth-order valence-electron chi connectivity index (χ4n) is 2.78. The summed E-state index contributed by atoms with van der Waals surface area (Å²) in [6.45, 7) is 0. The van der Waals surface area contributed by atoms with Gasteiger partial charge >= 0.3 is 0 Å². The van der Waals surface area contributed by atoms with E-state index in [1.807, 2.05) is 18.2 Å². The molecule has 1 heterocycles. The van der Waals surface area contributed by atoms with Crippen molar-refractivity contribution in [2.24, 2.45) is 0 Å². The molecule has 1 aliphatic carbocycles. The first-order chi connectivity index (χ1) is 11.0. The summed E-state index contributed by atoms with van der Waals surface area (Å²) in [5.74, 6) is -0.102. The fourth-order valence-corrected chi connectivity index (χ4v) is 3.01. The summed E-state index contributed by atoms with van der Waals surface area (Å²) in [5, 5.41) is 11.8. The topological polar surface area (TPSA) is 91.8 Å². The van der Waals surface area contributed by atoms with Crippen LogP contribution < -0.4 is 11.1 Å². The van der Waals surface area contributed by atoms with Crippen molar-refractivity contribution in [3.8, 4) is 6.07 Å². The number of aromatic nitrogens is 1. The van der Waals surface area contributed by atoms with Crippen LogP contribution in [0.25, 0.3) is 0 Å². The summed E-state index contributed by atoms with van der Waals surface area (Å²) in [6.07, 6.45) is 4.24. The minimum atomic E-state index is -0.596. The Bertz CT molecular complexity index is 791. The summed E-state index contributed by atoms with van der Waals surface area (Å²) in [5.41, 5.74) is 7.47. The summed E-state index contributed by atoms with van der Waals surface area (Å²) < 4.78 is 0.882. The number of nitriles is 1. The molecule has 23 heavy (non-hydrogen) atoms. The van der Waals surface area contributed by atoms with Gasteiger partial charge in [0.15, 0.2) is 0 Å². The Kier molecular flexibility index (Phi) is 4.05. The number of rotatable bonds is 3. The van der Waals surface area contributed by atoms with E-state index in [0.29, 0.717) is 16.9 Å².